The highest BCUT2D eigenvalue weighted by molar-refractivity contribution is 5.82. The van der Waals surface area contributed by atoms with Crippen LogP contribution in [0.2, 0.25) is 0 Å². The Bertz CT molecular complexity index is 478. The molecule has 4 nitrogen and oxygen atoms in total. The van der Waals surface area contributed by atoms with Crippen LogP contribution in [0.25, 0.3) is 0 Å². The van der Waals surface area contributed by atoms with Crippen LogP contribution >= 0.6 is 0 Å². The normalized spacial score (nSPS) is 17.1. The van der Waals surface area contributed by atoms with Crippen LogP contribution in [0.1, 0.15) is 18.9 Å². The molecule has 94 valence electrons. The lowest BCUT2D eigenvalue weighted by Gasteiger charge is -2.24. The van der Waals surface area contributed by atoms with E-state index in [9.17, 15) is 4.79 Å². The van der Waals surface area contributed by atoms with E-state index in [-0.39, 0.29) is 5.91 Å². The van der Waals surface area contributed by atoms with Gasteiger partial charge in [0, 0.05) is 18.3 Å². The van der Waals surface area contributed by atoms with E-state index in [2.05, 4.69) is 29.3 Å². The quantitative estimate of drug-likeness (QED) is 0.815. The molecule has 1 amide bonds. The molecule has 1 aromatic carbocycles. The Morgan fingerprint density at radius 1 is 1.56 bits per heavy atom. The maximum absolute atomic E-state index is 11.8. The second kappa shape index (κ2) is 5.54. The summed E-state index contributed by atoms with van der Waals surface area (Å²) >= 11 is 0. The zero-order valence-electron chi connectivity index (χ0n) is 10.5. The molecule has 0 saturated carbocycles. The van der Waals surface area contributed by atoms with Crippen molar-refractivity contribution < 1.29 is 4.79 Å². The maximum atomic E-state index is 11.8. The first-order chi connectivity index (χ1) is 8.72. The van der Waals surface area contributed by atoms with Gasteiger partial charge in [-0.2, -0.15) is 5.26 Å². The number of nitrogens with one attached hydrogen (secondary N) is 1. The predicted octanol–water partition coefficient (Wildman–Crippen LogP) is 1.47. The summed E-state index contributed by atoms with van der Waals surface area (Å²) in [6.07, 6.45) is 1.35. The highest BCUT2D eigenvalue weighted by atomic mass is 16.2. The number of amides is 1. The maximum Gasteiger partial charge on any atom is 0.239 e. The Labute approximate surface area is 107 Å². The van der Waals surface area contributed by atoms with Crippen molar-refractivity contribution in [3.8, 4) is 6.07 Å². The number of rotatable bonds is 4. The third kappa shape index (κ3) is 2.62. The molecular formula is C14H17N3O. The van der Waals surface area contributed by atoms with Gasteiger partial charge in [0.15, 0.2) is 0 Å². The lowest BCUT2D eigenvalue weighted by Crippen LogP contribution is -2.40. The molecule has 2 rings (SSSR count). The molecule has 0 saturated heterocycles. The van der Waals surface area contributed by atoms with Crippen LogP contribution in [-0.2, 0) is 11.2 Å². The van der Waals surface area contributed by atoms with Gasteiger partial charge in [-0.1, -0.05) is 18.2 Å². The summed E-state index contributed by atoms with van der Waals surface area (Å²) in [5.74, 6) is -0.0196. The van der Waals surface area contributed by atoms with Gasteiger partial charge in [-0.3, -0.25) is 4.79 Å². The van der Waals surface area contributed by atoms with E-state index in [0.29, 0.717) is 25.6 Å². The Kier molecular flexibility index (Phi) is 3.83. The summed E-state index contributed by atoms with van der Waals surface area (Å²) in [5, 5.41) is 11.2. The van der Waals surface area contributed by atoms with Gasteiger partial charge in [0.1, 0.15) is 0 Å². The van der Waals surface area contributed by atoms with Crippen LogP contribution in [-0.4, -0.2) is 25.0 Å². The van der Waals surface area contributed by atoms with Crippen molar-refractivity contribution >= 4 is 11.6 Å². The first-order valence-electron chi connectivity index (χ1n) is 6.20. The van der Waals surface area contributed by atoms with Crippen LogP contribution in [0.4, 0.5) is 5.69 Å². The van der Waals surface area contributed by atoms with Crippen LogP contribution < -0.4 is 10.2 Å². The number of carbonyl (C=O) groups is 1. The van der Waals surface area contributed by atoms with Gasteiger partial charge < -0.3 is 10.2 Å². The molecule has 0 bridgehead atoms. The molecule has 1 unspecified atom stereocenters. The van der Waals surface area contributed by atoms with Crippen molar-refractivity contribution in [2.24, 2.45) is 0 Å². The first-order valence-corrected chi connectivity index (χ1v) is 6.20. The zero-order valence-corrected chi connectivity index (χ0v) is 10.5. The molecule has 1 aromatic rings. The van der Waals surface area contributed by atoms with Crippen molar-refractivity contribution in [1.29, 1.82) is 5.26 Å². The summed E-state index contributed by atoms with van der Waals surface area (Å²) in [4.78, 5) is 13.9. The minimum absolute atomic E-state index is 0.0196. The Morgan fingerprint density at radius 2 is 2.33 bits per heavy atom. The molecule has 0 aromatic heterocycles. The average molecular weight is 243 g/mol. The van der Waals surface area contributed by atoms with Crippen LogP contribution in [0.15, 0.2) is 24.3 Å². The largest absolute Gasteiger partial charge is 0.359 e. The first kappa shape index (κ1) is 12.4. The number of nitrogens with zero attached hydrogens (tertiary/aromatic N) is 2. The predicted molar refractivity (Wildman–Crippen MR) is 70.2 cm³/mol. The summed E-state index contributed by atoms with van der Waals surface area (Å²) in [5.41, 5.74) is 2.45. The minimum Gasteiger partial charge on any atom is -0.359 e. The SMILES string of the molecule is CC1Cc2ccccc2N1CC(=O)NCCC#N. The molecular weight excluding hydrogens is 226 g/mol. The van der Waals surface area contributed by atoms with Crippen molar-refractivity contribution in [2.45, 2.75) is 25.8 Å². The van der Waals surface area contributed by atoms with Crippen molar-refractivity contribution in [3.05, 3.63) is 29.8 Å². The van der Waals surface area contributed by atoms with E-state index in [1.165, 1.54) is 5.56 Å². The van der Waals surface area contributed by atoms with Gasteiger partial charge in [0.25, 0.3) is 0 Å². The second-order valence-corrected chi connectivity index (χ2v) is 4.57. The number of carbonyl (C=O) groups excluding carboxylic acids is 1. The number of anilines is 1. The van der Waals surface area contributed by atoms with Gasteiger partial charge in [-0.15, -0.1) is 0 Å². The smallest absolute Gasteiger partial charge is 0.239 e. The van der Waals surface area contributed by atoms with E-state index in [1.807, 2.05) is 18.2 Å². The van der Waals surface area contributed by atoms with Crippen LogP contribution in [0, 0.1) is 11.3 Å². The van der Waals surface area contributed by atoms with Crippen LogP contribution in [0.5, 0.6) is 0 Å². The molecule has 1 N–H and O–H groups in total. The molecule has 1 heterocycles. The molecule has 0 aliphatic carbocycles. The zero-order chi connectivity index (χ0) is 13.0. The third-order valence-electron chi connectivity index (χ3n) is 3.22. The molecule has 0 spiro atoms. The number of benzene rings is 1. The molecule has 0 fully saturated rings. The Morgan fingerprint density at radius 3 is 3.11 bits per heavy atom. The molecule has 18 heavy (non-hydrogen) atoms. The second-order valence-electron chi connectivity index (χ2n) is 4.57. The third-order valence-corrected chi connectivity index (χ3v) is 3.22. The van der Waals surface area contributed by atoms with Crippen molar-refractivity contribution in [2.75, 3.05) is 18.0 Å². The molecule has 4 heteroatoms. The summed E-state index contributed by atoms with van der Waals surface area (Å²) in [6, 6.07) is 10.6. The summed E-state index contributed by atoms with van der Waals surface area (Å²) in [6.45, 7) is 2.92. The molecule has 0 radical (unpaired) electrons. The van der Waals surface area contributed by atoms with E-state index in [4.69, 9.17) is 5.26 Å². The number of hydrogen-bond donors (Lipinski definition) is 1. The van der Waals surface area contributed by atoms with E-state index >= 15 is 0 Å². The van der Waals surface area contributed by atoms with Gasteiger partial charge in [-0.25, -0.2) is 0 Å². The minimum atomic E-state index is -0.0196. The van der Waals surface area contributed by atoms with Gasteiger partial charge in [0.05, 0.1) is 19.0 Å². The summed E-state index contributed by atoms with van der Waals surface area (Å²) < 4.78 is 0. The van der Waals surface area contributed by atoms with E-state index in [0.717, 1.165) is 12.1 Å². The molecule has 1 aliphatic heterocycles. The highest BCUT2D eigenvalue weighted by Crippen LogP contribution is 2.31. The standard InChI is InChI=1S/C14H17N3O/c1-11-9-12-5-2-3-6-13(12)17(11)10-14(18)16-8-4-7-15/h2-3,5-6,11H,4,8-10H2,1H3,(H,16,18). The van der Waals surface area contributed by atoms with E-state index in [1.54, 1.807) is 0 Å². The molecule has 1 atom stereocenters. The number of fused-ring (bicyclic) bond motifs is 1. The Hall–Kier alpha value is -2.02. The van der Waals surface area contributed by atoms with Crippen LogP contribution in [0.3, 0.4) is 0 Å². The van der Waals surface area contributed by atoms with E-state index < -0.39 is 0 Å². The van der Waals surface area contributed by atoms with Gasteiger partial charge in [-0.05, 0) is 25.0 Å². The van der Waals surface area contributed by atoms with Gasteiger partial charge >= 0.3 is 0 Å². The fourth-order valence-corrected chi connectivity index (χ4v) is 2.34. The fourth-order valence-electron chi connectivity index (χ4n) is 2.34. The van der Waals surface area contributed by atoms with Gasteiger partial charge in [0.2, 0.25) is 5.91 Å². The number of hydrogen-bond acceptors (Lipinski definition) is 3. The molecule has 1 aliphatic rings. The number of nitriles is 1. The average Bonchev–Trinajstić information content (AvgIpc) is 2.67. The highest BCUT2D eigenvalue weighted by Gasteiger charge is 2.26. The number of para-hydroxylation sites is 1. The van der Waals surface area contributed by atoms with Crippen molar-refractivity contribution in [1.82, 2.24) is 5.32 Å². The lowest BCUT2D eigenvalue weighted by atomic mass is 10.1. The topological polar surface area (TPSA) is 56.1 Å². The lowest BCUT2D eigenvalue weighted by molar-refractivity contribution is -0.119. The van der Waals surface area contributed by atoms with Crippen molar-refractivity contribution in [3.63, 3.8) is 0 Å². The summed E-state index contributed by atoms with van der Waals surface area (Å²) in [7, 11) is 0. The Balaban J connectivity index is 1.97. The fraction of sp³-hybridized carbons (Fsp3) is 0.429. The monoisotopic (exact) mass is 243 g/mol.